The highest BCUT2D eigenvalue weighted by Gasteiger charge is 2.56. The van der Waals surface area contributed by atoms with E-state index >= 15 is 0 Å². The maximum absolute atomic E-state index is 14.4. The summed E-state index contributed by atoms with van der Waals surface area (Å²) in [6.45, 7) is 0.451. The van der Waals surface area contributed by atoms with Crippen LogP contribution in [0.4, 0.5) is 15.9 Å². The van der Waals surface area contributed by atoms with Gasteiger partial charge in [-0.15, -0.1) is 0 Å². The largest absolute Gasteiger partial charge is 0.311 e. The molecule has 2 aromatic heterocycles. The third-order valence-corrected chi connectivity index (χ3v) is 6.59. The number of nitriles is 1. The zero-order valence-corrected chi connectivity index (χ0v) is 18.7. The number of aromatic nitrogens is 3. The Balaban J connectivity index is 1.30. The molecule has 0 unspecified atom stereocenters. The van der Waals surface area contributed by atoms with Crippen LogP contribution < -0.4 is 10.2 Å². The molecule has 1 aromatic carbocycles. The highest BCUT2D eigenvalue weighted by molar-refractivity contribution is 6.02. The Hall–Kier alpha value is -4.06. The Bertz CT molecular complexity index is 1320. The van der Waals surface area contributed by atoms with Crippen molar-refractivity contribution >= 4 is 23.3 Å². The van der Waals surface area contributed by atoms with Gasteiger partial charge in [0.05, 0.1) is 18.7 Å². The van der Waals surface area contributed by atoms with E-state index in [0.717, 1.165) is 24.0 Å². The molecule has 1 saturated carbocycles. The third kappa shape index (κ3) is 3.92. The van der Waals surface area contributed by atoms with Gasteiger partial charge in [-0.3, -0.25) is 14.3 Å². The lowest BCUT2D eigenvalue weighted by atomic mass is 9.83. The topological polar surface area (TPSA) is 104 Å². The molecule has 34 heavy (non-hydrogen) atoms. The van der Waals surface area contributed by atoms with Crippen molar-refractivity contribution in [3.8, 4) is 17.2 Å². The number of anilines is 2. The minimum absolute atomic E-state index is 0.133. The smallest absolute Gasteiger partial charge is 0.247 e. The number of benzene rings is 1. The van der Waals surface area contributed by atoms with Crippen LogP contribution in [0, 0.1) is 28.5 Å². The minimum atomic E-state index is -0.941. The monoisotopic (exact) mass is 458 g/mol. The van der Waals surface area contributed by atoms with E-state index < -0.39 is 17.1 Å². The van der Waals surface area contributed by atoms with Gasteiger partial charge >= 0.3 is 0 Å². The van der Waals surface area contributed by atoms with Crippen molar-refractivity contribution in [2.24, 2.45) is 18.4 Å². The third-order valence-electron chi connectivity index (χ3n) is 6.59. The molecule has 0 spiro atoms. The fourth-order valence-corrected chi connectivity index (χ4v) is 4.61. The quantitative estimate of drug-likeness (QED) is 0.609. The Morgan fingerprint density at radius 1 is 1.29 bits per heavy atom. The predicted octanol–water partition coefficient (Wildman–Crippen LogP) is 3.46. The number of carbonyl (C=O) groups is 2. The van der Waals surface area contributed by atoms with Gasteiger partial charge in [-0.2, -0.15) is 10.4 Å². The first-order valence-electron chi connectivity index (χ1n) is 11.2. The average Bonchev–Trinajstić information content (AvgIpc) is 3.50. The maximum atomic E-state index is 14.4. The summed E-state index contributed by atoms with van der Waals surface area (Å²) >= 11 is 0. The summed E-state index contributed by atoms with van der Waals surface area (Å²) in [5.74, 6) is -0.687. The molecule has 172 valence electrons. The molecule has 2 amide bonds. The van der Waals surface area contributed by atoms with E-state index in [-0.39, 0.29) is 29.6 Å². The molecule has 0 bridgehead atoms. The Morgan fingerprint density at radius 2 is 2.12 bits per heavy atom. The van der Waals surface area contributed by atoms with Crippen molar-refractivity contribution in [3.05, 3.63) is 60.3 Å². The molecule has 5 rings (SSSR count). The summed E-state index contributed by atoms with van der Waals surface area (Å²) in [5, 5.41) is 16.5. The number of nitrogens with zero attached hydrogens (tertiary/aromatic N) is 5. The fraction of sp³-hybridized carbons (Fsp3) is 0.320. The highest BCUT2D eigenvalue weighted by Crippen LogP contribution is 2.51. The van der Waals surface area contributed by atoms with Gasteiger partial charge in [0.2, 0.25) is 11.8 Å². The van der Waals surface area contributed by atoms with Crippen molar-refractivity contribution < 1.29 is 14.0 Å². The predicted molar refractivity (Wildman–Crippen MR) is 123 cm³/mol. The normalized spacial score (nSPS) is 19.8. The standard InChI is InChI=1S/C25H23FN6O2/c1-31-14-18(13-29-31)16-2-5-21(26)17(10-16)11-23(33)30-22-12-20(6-8-28-22)32-9-7-25(15-27,24(32)34)19-3-4-19/h2,5-6,8,10,12-14,19H,3-4,7,9,11H2,1H3,(H,28,30,33)/t25-/m1/s1. The molecule has 9 heteroatoms. The number of amides is 2. The van der Waals surface area contributed by atoms with Crippen LogP contribution in [-0.2, 0) is 23.1 Å². The van der Waals surface area contributed by atoms with Gasteiger partial charge in [0.25, 0.3) is 0 Å². The lowest BCUT2D eigenvalue weighted by molar-refractivity contribution is -0.123. The molecular weight excluding hydrogens is 435 g/mol. The molecule has 2 fully saturated rings. The van der Waals surface area contributed by atoms with E-state index in [1.165, 1.54) is 12.3 Å². The average molecular weight is 458 g/mol. The van der Waals surface area contributed by atoms with Crippen LogP contribution in [0.1, 0.15) is 24.8 Å². The summed E-state index contributed by atoms with van der Waals surface area (Å²) in [6.07, 6.45) is 7.14. The van der Waals surface area contributed by atoms with Crippen LogP contribution in [0.25, 0.3) is 11.1 Å². The second-order valence-corrected chi connectivity index (χ2v) is 8.90. The molecule has 0 radical (unpaired) electrons. The molecule has 1 aliphatic carbocycles. The molecule has 3 heterocycles. The van der Waals surface area contributed by atoms with Crippen LogP contribution >= 0.6 is 0 Å². The van der Waals surface area contributed by atoms with E-state index in [1.54, 1.807) is 47.1 Å². The van der Waals surface area contributed by atoms with Crippen LogP contribution in [0.2, 0.25) is 0 Å². The molecule has 8 nitrogen and oxygen atoms in total. The van der Waals surface area contributed by atoms with Crippen molar-refractivity contribution in [2.45, 2.75) is 25.7 Å². The van der Waals surface area contributed by atoms with Crippen molar-refractivity contribution in [1.29, 1.82) is 5.26 Å². The first-order chi connectivity index (χ1) is 16.4. The van der Waals surface area contributed by atoms with Crippen LogP contribution in [0.15, 0.2) is 48.9 Å². The van der Waals surface area contributed by atoms with Crippen LogP contribution in [0.5, 0.6) is 0 Å². The number of rotatable bonds is 6. The number of pyridine rings is 1. The lowest BCUT2D eigenvalue weighted by Gasteiger charge is -2.21. The van der Waals surface area contributed by atoms with Crippen molar-refractivity contribution in [3.63, 3.8) is 0 Å². The number of halogens is 1. The minimum Gasteiger partial charge on any atom is -0.311 e. The number of hydrogen-bond donors (Lipinski definition) is 1. The van der Waals surface area contributed by atoms with Crippen molar-refractivity contribution in [2.75, 3.05) is 16.8 Å². The van der Waals surface area contributed by atoms with Gasteiger partial charge in [-0.05, 0) is 54.5 Å². The molecule has 1 atom stereocenters. The van der Waals surface area contributed by atoms with Gasteiger partial charge in [-0.1, -0.05) is 6.07 Å². The van der Waals surface area contributed by atoms with Gasteiger partial charge in [0, 0.05) is 43.3 Å². The van der Waals surface area contributed by atoms with Gasteiger partial charge in [0.1, 0.15) is 17.1 Å². The number of hydrogen-bond acceptors (Lipinski definition) is 5. The number of aryl methyl sites for hydroxylation is 1. The van der Waals surface area contributed by atoms with Crippen LogP contribution in [-0.4, -0.2) is 33.1 Å². The van der Waals surface area contributed by atoms with E-state index in [1.807, 2.05) is 6.20 Å². The second-order valence-electron chi connectivity index (χ2n) is 8.90. The van der Waals surface area contributed by atoms with Gasteiger partial charge in [-0.25, -0.2) is 9.37 Å². The summed E-state index contributed by atoms with van der Waals surface area (Å²) in [5.41, 5.74) is 1.49. The summed E-state index contributed by atoms with van der Waals surface area (Å²) < 4.78 is 16.0. The molecule has 1 saturated heterocycles. The van der Waals surface area contributed by atoms with E-state index in [4.69, 9.17) is 0 Å². The van der Waals surface area contributed by atoms with E-state index in [9.17, 15) is 19.2 Å². The molecule has 1 N–H and O–H groups in total. The maximum Gasteiger partial charge on any atom is 0.247 e. The fourth-order valence-electron chi connectivity index (χ4n) is 4.61. The zero-order valence-electron chi connectivity index (χ0n) is 18.7. The Morgan fingerprint density at radius 3 is 2.82 bits per heavy atom. The van der Waals surface area contributed by atoms with Gasteiger partial charge in [0.15, 0.2) is 0 Å². The summed E-state index contributed by atoms with van der Waals surface area (Å²) in [6, 6.07) is 10.2. The number of nitrogens with one attached hydrogen (secondary N) is 1. The zero-order chi connectivity index (χ0) is 23.9. The molecule has 1 aliphatic heterocycles. The SMILES string of the molecule is Cn1cc(-c2ccc(F)c(CC(=O)Nc3cc(N4CC[C@@](C#N)(C5CC5)C4=O)ccn3)c2)cn1. The Kier molecular flexibility index (Phi) is 5.36. The highest BCUT2D eigenvalue weighted by atomic mass is 19.1. The van der Waals surface area contributed by atoms with Crippen molar-refractivity contribution in [1.82, 2.24) is 14.8 Å². The van der Waals surface area contributed by atoms with E-state index in [0.29, 0.717) is 18.7 Å². The summed E-state index contributed by atoms with van der Waals surface area (Å²) in [4.78, 5) is 31.5. The number of carbonyl (C=O) groups excluding carboxylic acids is 2. The lowest BCUT2D eigenvalue weighted by Crippen LogP contribution is -2.35. The first kappa shape index (κ1) is 21.8. The van der Waals surface area contributed by atoms with E-state index in [2.05, 4.69) is 21.5 Å². The van der Waals surface area contributed by atoms with Gasteiger partial charge < -0.3 is 10.2 Å². The second kappa shape index (κ2) is 8.37. The Labute approximate surface area is 196 Å². The van der Waals surface area contributed by atoms with Crippen LogP contribution in [0.3, 0.4) is 0 Å². The summed E-state index contributed by atoms with van der Waals surface area (Å²) in [7, 11) is 1.80. The molecule has 2 aliphatic rings. The molecular formula is C25H23FN6O2. The molecule has 3 aromatic rings. The first-order valence-corrected chi connectivity index (χ1v) is 11.2.